The molecular formula is C12H24N2O4S. The zero-order valence-corrected chi connectivity index (χ0v) is 12.7. The predicted octanol–water partition coefficient (Wildman–Crippen LogP) is 0.199. The summed E-state index contributed by atoms with van der Waals surface area (Å²) in [4.78, 5) is 10.8. The van der Waals surface area contributed by atoms with Gasteiger partial charge in [-0.3, -0.25) is 4.79 Å². The zero-order chi connectivity index (χ0) is 14.5. The minimum Gasteiger partial charge on any atom is -0.381 e. The molecule has 1 unspecified atom stereocenters. The van der Waals surface area contributed by atoms with Gasteiger partial charge in [-0.2, -0.15) is 0 Å². The third-order valence-corrected chi connectivity index (χ3v) is 5.50. The Balaban J connectivity index is 2.42. The maximum atomic E-state index is 12.1. The van der Waals surface area contributed by atoms with Crippen molar-refractivity contribution in [2.75, 3.05) is 32.5 Å². The second kappa shape index (κ2) is 7.21. The summed E-state index contributed by atoms with van der Waals surface area (Å²) in [6.07, 6.45) is 1.30. The number of sulfonamides is 1. The van der Waals surface area contributed by atoms with Crippen LogP contribution in [0, 0.1) is 5.92 Å². The van der Waals surface area contributed by atoms with Crippen molar-refractivity contribution >= 4 is 15.9 Å². The Morgan fingerprint density at radius 3 is 2.47 bits per heavy atom. The Hall–Kier alpha value is -0.660. The molecule has 6 nitrogen and oxygen atoms in total. The highest BCUT2D eigenvalue weighted by molar-refractivity contribution is 7.89. The van der Waals surface area contributed by atoms with Gasteiger partial charge in [0.15, 0.2) is 0 Å². The van der Waals surface area contributed by atoms with Crippen molar-refractivity contribution in [3.8, 4) is 0 Å². The number of hydrogen-bond acceptors (Lipinski definition) is 4. The number of hydrogen-bond donors (Lipinski definition) is 1. The summed E-state index contributed by atoms with van der Waals surface area (Å²) in [6.45, 7) is 4.94. The van der Waals surface area contributed by atoms with Crippen LogP contribution in [0.25, 0.3) is 0 Å². The highest BCUT2D eigenvalue weighted by atomic mass is 32.2. The van der Waals surface area contributed by atoms with Crippen LogP contribution in [0.15, 0.2) is 0 Å². The average Bonchev–Trinajstić information content (AvgIpc) is 2.36. The van der Waals surface area contributed by atoms with E-state index < -0.39 is 10.0 Å². The molecule has 0 saturated carbocycles. The number of rotatable bonds is 6. The van der Waals surface area contributed by atoms with Crippen LogP contribution in [-0.2, 0) is 19.6 Å². The van der Waals surface area contributed by atoms with Gasteiger partial charge in [0.1, 0.15) is 0 Å². The van der Waals surface area contributed by atoms with Crippen LogP contribution >= 0.6 is 0 Å². The lowest BCUT2D eigenvalue weighted by Gasteiger charge is -2.31. The molecule has 1 heterocycles. The van der Waals surface area contributed by atoms with Crippen molar-refractivity contribution in [1.29, 1.82) is 0 Å². The van der Waals surface area contributed by atoms with E-state index in [1.807, 2.05) is 0 Å². The van der Waals surface area contributed by atoms with Crippen molar-refractivity contribution in [2.45, 2.75) is 32.8 Å². The number of amides is 1. The molecule has 0 aromatic heterocycles. The molecule has 1 aliphatic heterocycles. The number of carbonyl (C=O) groups is 1. The molecule has 1 rings (SSSR count). The molecule has 7 heteroatoms. The summed E-state index contributed by atoms with van der Waals surface area (Å²) < 4.78 is 30.8. The number of carbonyl (C=O) groups excluding carboxylic acids is 1. The first kappa shape index (κ1) is 16.4. The fraction of sp³-hybridized carbons (Fsp3) is 0.917. The molecule has 0 spiro atoms. The van der Waals surface area contributed by atoms with Gasteiger partial charge >= 0.3 is 0 Å². The van der Waals surface area contributed by atoms with Crippen molar-refractivity contribution in [3.63, 3.8) is 0 Å². The Kier molecular flexibility index (Phi) is 6.22. The number of methoxy groups -OCH3 is 1. The van der Waals surface area contributed by atoms with Crippen molar-refractivity contribution < 1.29 is 17.9 Å². The van der Waals surface area contributed by atoms with Crippen LogP contribution in [0.4, 0.5) is 0 Å². The van der Waals surface area contributed by atoms with Crippen molar-refractivity contribution in [2.24, 2.45) is 5.92 Å². The molecule has 112 valence electrons. The lowest BCUT2D eigenvalue weighted by atomic mass is 9.98. The minimum absolute atomic E-state index is 0.0276. The molecule has 1 atom stereocenters. The summed E-state index contributed by atoms with van der Waals surface area (Å²) in [5.74, 6) is 0.360. The molecule has 0 aromatic carbocycles. The SMILES string of the molecule is COC(C)CS(=O)(=O)N1CCC(CNC(C)=O)CC1. The Bertz CT molecular complexity index is 389. The van der Waals surface area contributed by atoms with E-state index in [9.17, 15) is 13.2 Å². The largest absolute Gasteiger partial charge is 0.381 e. The van der Waals surface area contributed by atoms with E-state index in [2.05, 4.69) is 5.32 Å². The summed E-state index contributed by atoms with van der Waals surface area (Å²) in [5, 5.41) is 2.78. The molecule has 1 aliphatic rings. The van der Waals surface area contributed by atoms with E-state index in [-0.39, 0.29) is 17.8 Å². The molecule has 1 amide bonds. The molecule has 1 fully saturated rings. The fourth-order valence-corrected chi connectivity index (χ4v) is 3.86. The molecule has 1 N–H and O–H groups in total. The van der Waals surface area contributed by atoms with Gasteiger partial charge in [-0.05, 0) is 25.7 Å². The van der Waals surface area contributed by atoms with Gasteiger partial charge in [0.25, 0.3) is 0 Å². The van der Waals surface area contributed by atoms with E-state index >= 15 is 0 Å². The predicted molar refractivity (Wildman–Crippen MR) is 73.2 cm³/mol. The van der Waals surface area contributed by atoms with Crippen molar-refractivity contribution in [1.82, 2.24) is 9.62 Å². The molecule has 0 aliphatic carbocycles. The summed E-state index contributed by atoms with van der Waals surface area (Å²) in [7, 11) is -1.71. The first-order valence-electron chi connectivity index (χ1n) is 6.60. The molecule has 1 saturated heterocycles. The van der Waals surface area contributed by atoms with Crippen LogP contribution in [0.3, 0.4) is 0 Å². The van der Waals surface area contributed by atoms with Crippen LogP contribution in [0.1, 0.15) is 26.7 Å². The summed E-state index contributed by atoms with van der Waals surface area (Å²) in [5.41, 5.74) is 0. The average molecular weight is 292 g/mol. The third-order valence-electron chi connectivity index (χ3n) is 3.45. The maximum Gasteiger partial charge on any atom is 0.216 e. The molecule has 0 bridgehead atoms. The highest BCUT2D eigenvalue weighted by Gasteiger charge is 2.29. The van der Waals surface area contributed by atoms with Gasteiger partial charge in [0.2, 0.25) is 15.9 Å². The van der Waals surface area contributed by atoms with E-state index in [1.54, 1.807) is 6.92 Å². The number of ether oxygens (including phenoxy) is 1. The molecular weight excluding hydrogens is 268 g/mol. The van der Waals surface area contributed by atoms with Gasteiger partial charge in [0.05, 0.1) is 11.9 Å². The van der Waals surface area contributed by atoms with Gasteiger partial charge in [-0.25, -0.2) is 12.7 Å². The van der Waals surface area contributed by atoms with Gasteiger partial charge in [0, 0.05) is 33.7 Å². The van der Waals surface area contributed by atoms with Gasteiger partial charge in [-0.15, -0.1) is 0 Å². The van der Waals surface area contributed by atoms with E-state index in [0.717, 1.165) is 12.8 Å². The first-order valence-corrected chi connectivity index (χ1v) is 8.21. The lowest BCUT2D eigenvalue weighted by Crippen LogP contribution is -2.43. The third kappa shape index (κ3) is 5.46. The fourth-order valence-electron chi connectivity index (χ4n) is 2.15. The number of nitrogens with one attached hydrogen (secondary N) is 1. The normalized spacial score (nSPS) is 20.2. The quantitative estimate of drug-likeness (QED) is 0.759. The lowest BCUT2D eigenvalue weighted by molar-refractivity contribution is -0.119. The second-order valence-electron chi connectivity index (χ2n) is 5.10. The topological polar surface area (TPSA) is 75.7 Å². The van der Waals surface area contributed by atoms with Gasteiger partial charge in [-0.1, -0.05) is 0 Å². The zero-order valence-electron chi connectivity index (χ0n) is 11.9. The number of nitrogens with zero attached hydrogens (tertiary/aromatic N) is 1. The van der Waals surface area contributed by atoms with E-state index in [4.69, 9.17) is 4.74 Å². The minimum atomic E-state index is -3.23. The van der Waals surface area contributed by atoms with Crippen LogP contribution in [0.5, 0.6) is 0 Å². The second-order valence-corrected chi connectivity index (χ2v) is 7.12. The smallest absolute Gasteiger partial charge is 0.216 e. The number of piperidine rings is 1. The van der Waals surface area contributed by atoms with Gasteiger partial charge < -0.3 is 10.1 Å². The van der Waals surface area contributed by atoms with E-state index in [1.165, 1.54) is 18.3 Å². The Labute approximate surface area is 115 Å². The van der Waals surface area contributed by atoms with Crippen LogP contribution in [-0.4, -0.2) is 57.2 Å². The standard InChI is InChI=1S/C12H24N2O4S/c1-10(18-3)9-19(16,17)14-6-4-12(5-7-14)8-13-11(2)15/h10,12H,4-9H2,1-3H3,(H,13,15). The monoisotopic (exact) mass is 292 g/mol. The molecule has 0 radical (unpaired) electrons. The first-order chi connectivity index (χ1) is 8.85. The van der Waals surface area contributed by atoms with E-state index in [0.29, 0.717) is 25.6 Å². The van der Waals surface area contributed by atoms with Crippen LogP contribution in [0.2, 0.25) is 0 Å². The molecule has 0 aromatic rings. The Morgan fingerprint density at radius 1 is 1.42 bits per heavy atom. The summed E-state index contributed by atoms with van der Waals surface area (Å²) >= 11 is 0. The molecule has 19 heavy (non-hydrogen) atoms. The maximum absolute atomic E-state index is 12.1. The highest BCUT2D eigenvalue weighted by Crippen LogP contribution is 2.19. The van der Waals surface area contributed by atoms with Crippen LogP contribution < -0.4 is 5.32 Å². The van der Waals surface area contributed by atoms with Crippen molar-refractivity contribution in [3.05, 3.63) is 0 Å². The Morgan fingerprint density at radius 2 is 2.00 bits per heavy atom. The summed E-state index contributed by atoms with van der Waals surface area (Å²) in [6, 6.07) is 0.